The topological polar surface area (TPSA) is 48.5 Å². The molecule has 2 rings (SSSR count). The number of piperazine rings is 1. The first-order valence-electron chi connectivity index (χ1n) is 7.37. The Hall–Kier alpha value is -1.62. The van der Waals surface area contributed by atoms with Gasteiger partial charge in [0.05, 0.1) is 11.3 Å². The van der Waals surface area contributed by atoms with E-state index in [1.54, 1.807) is 6.20 Å². The Bertz CT molecular complexity index is 467. The number of nitrogens with one attached hydrogen (secondary N) is 1. The van der Waals surface area contributed by atoms with Crippen LogP contribution in [0.1, 0.15) is 29.9 Å². The smallest absolute Gasteiger partial charge is 0.257 e. The largest absolute Gasteiger partial charge is 0.385 e. The molecule has 0 bridgehead atoms. The predicted octanol–water partition coefficient (Wildman–Crippen LogP) is 1.60. The van der Waals surface area contributed by atoms with E-state index in [4.69, 9.17) is 0 Å². The third-order valence-electron chi connectivity index (χ3n) is 3.75. The molecule has 0 unspecified atom stereocenters. The lowest BCUT2D eigenvalue weighted by Gasteiger charge is -2.34. The van der Waals surface area contributed by atoms with Crippen LogP contribution in [0.25, 0.3) is 0 Å². The van der Waals surface area contributed by atoms with Crippen molar-refractivity contribution in [3.05, 3.63) is 23.5 Å². The fourth-order valence-corrected chi connectivity index (χ4v) is 2.50. The lowest BCUT2D eigenvalue weighted by atomic mass is 10.1. The number of hydrogen-bond acceptors (Lipinski definition) is 4. The van der Waals surface area contributed by atoms with E-state index in [0.717, 1.165) is 50.6 Å². The van der Waals surface area contributed by atoms with Crippen LogP contribution in [0.15, 0.2) is 12.3 Å². The van der Waals surface area contributed by atoms with Gasteiger partial charge in [0.25, 0.3) is 5.91 Å². The van der Waals surface area contributed by atoms with Crippen LogP contribution in [0.3, 0.4) is 0 Å². The van der Waals surface area contributed by atoms with E-state index in [9.17, 15) is 4.79 Å². The summed E-state index contributed by atoms with van der Waals surface area (Å²) >= 11 is 0. The molecule has 1 aliphatic heterocycles. The molecule has 1 fully saturated rings. The van der Waals surface area contributed by atoms with Crippen molar-refractivity contribution >= 4 is 11.6 Å². The third kappa shape index (κ3) is 3.28. The quantitative estimate of drug-likeness (QED) is 0.907. The van der Waals surface area contributed by atoms with E-state index >= 15 is 0 Å². The number of rotatable bonds is 4. The minimum Gasteiger partial charge on any atom is -0.385 e. The van der Waals surface area contributed by atoms with Crippen LogP contribution in [-0.4, -0.2) is 60.0 Å². The number of carbonyl (C=O) groups is 1. The summed E-state index contributed by atoms with van der Waals surface area (Å²) in [7, 11) is 0. The molecule has 0 radical (unpaired) electrons. The van der Waals surface area contributed by atoms with Crippen molar-refractivity contribution in [2.75, 3.05) is 44.6 Å². The lowest BCUT2D eigenvalue weighted by Crippen LogP contribution is -2.48. The maximum atomic E-state index is 12.6. The normalized spacial score (nSPS) is 16.2. The highest BCUT2D eigenvalue weighted by Crippen LogP contribution is 2.18. The highest BCUT2D eigenvalue weighted by Gasteiger charge is 2.23. The summed E-state index contributed by atoms with van der Waals surface area (Å²) in [5.74, 6) is 0.0872. The molecule has 1 amide bonds. The fraction of sp³-hybridized carbons (Fsp3) is 0.600. The van der Waals surface area contributed by atoms with Crippen LogP contribution in [0.2, 0.25) is 0 Å². The second kappa shape index (κ2) is 6.70. The molecular weight excluding hydrogens is 252 g/mol. The fourth-order valence-electron chi connectivity index (χ4n) is 2.50. The lowest BCUT2D eigenvalue weighted by molar-refractivity contribution is 0.0644. The van der Waals surface area contributed by atoms with Gasteiger partial charge < -0.3 is 15.1 Å². The van der Waals surface area contributed by atoms with Crippen LogP contribution in [0, 0.1) is 6.92 Å². The number of pyridine rings is 1. The number of hydrogen-bond donors (Lipinski definition) is 1. The average molecular weight is 276 g/mol. The molecule has 1 aromatic rings. The van der Waals surface area contributed by atoms with E-state index in [1.807, 2.05) is 24.8 Å². The molecule has 0 saturated carbocycles. The minimum absolute atomic E-state index is 0.0872. The average Bonchev–Trinajstić information content (AvgIpc) is 2.47. The monoisotopic (exact) mass is 276 g/mol. The van der Waals surface area contributed by atoms with Crippen LogP contribution in [0.5, 0.6) is 0 Å². The van der Waals surface area contributed by atoms with Crippen molar-refractivity contribution in [1.82, 2.24) is 14.8 Å². The van der Waals surface area contributed by atoms with E-state index in [-0.39, 0.29) is 5.91 Å². The molecule has 2 heterocycles. The molecule has 0 spiro atoms. The number of aryl methyl sites for hydroxylation is 1. The summed E-state index contributed by atoms with van der Waals surface area (Å²) in [6.45, 7) is 11.5. The number of nitrogens with zero attached hydrogens (tertiary/aromatic N) is 3. The Morgan fingerprint density at radius 2 is 2.00 bits per heavy atom. The van der Waals surface area contributed by atoms with Crippen molar-refractivity contribution in [1.29, 1.82) is 0 Å². The van der Waals surface area contributed by atoms with Crippen molar-refractivity contribution in [2.45, 2.75) is 20.8 Å². The first-order valence-corrected chi connectivity index (χ1v) is 7.37. The predicted molar refractivity (Wildman–Crippen MR) is 81.2 cm³/mol. The van der Waals surface area contributed by atoms with Crippen molar-refractivity contribution in [3.8, 4) is 0 Å². The van der Waals surface area contributed by atoms with Gasteiger partial charge >= 0.3 is 0 Å². The van der Waals surface area contributed by atoms with Gasteiger partial charge in [0.15, 0.2) is 0 Å². The SMILES string of the molecule is CCNc1cc(C)ncc1C(=O)N1CCN(CC)CC1. The van der Waals surface area contributed by atoms with E-state index in [1.165, 1.54) is 0 Å². The standard InChI is InChI=1S/C15H24N4O/c1-4-16-14-10-12(3)17-11-13(14)15(20)19-8-6-18(5-2)7-9-19/h10-11H,4-9H2,1-3H3,(H,16,17). The molecule has 5 heteroatoms. The van der Waals surface area contributed by atoms with Gasteiger partial charge in [0.1, 0.15) is 0 Å². The number of aromatic nitrogens is 1. The molecule has 1 aromatic heterocycles. The van der Waals surface area contributed by atoms with Crippen molar-refractivity contribution in [2.24, 2.45) is 0 Å². The Morgan fingerprint density at radius 3 is 2.60 bits per heavy atom. The number of anilines is 1. The molecule has 1 N–H and O–H groups in total. The third-order valence-corrected chi connectivity index (χ3v) is 3.75. The van der Waals surface area contributed by atoms with Crippen LogP contribution in [-0.2, 0) is 0 Å². The van der Waals surface area contributed by atoms with Crippen LogP contribution in [0.4, 0.5) is 5.69 Å². The highest BCUT2D eigenvalue weighted by atomic mass is 16.2. The van der Waals surface area contributed by atoms with Gasteiger partial charge in [0, 0.05) is 44.6 Å². The summed E-state index contributed by atoms with van der Waals surface area (Å²) < 4.78 is 0. The van der Waals surface area contributed by atoms with Gasteiger partial charge in [0.2, 0.25) is 0 Å². The number of likely N-dealkylation sites (N-methyl/N-ethyl adjacent to an activating group) is 1. The zero-order valence-corrected chi connectivity index (χ0v) is 12.6. The summed E-state index contributed by atoms with van der Waals surface area (Å²) in [6.07, 6.45) is 1.70. The molecule has 1 saturated heterocycles. The number of carbonyl (C=O) groups excluding carboxylic acids is 1. The summed E-state index contributed by atoms with van der Waals surface area (Å²) in [4.78, 5) is 21.2. The second-order valence-electron chi connectivity index (χ2n) is 5.13. The van der Waals surface area contributed by atoms with Gasteiger partial charge in [-0.05, 0) is 26.5 Å². The summed E-state index contributed by atoms with van der Waals surface area (Å²) in [6, 6.07) is 1.94. The molecule has 20 heavy (non-hydrogen) atoms. The first-order chi connectivity index (χ1) is 9.65. The van der Waals surface area contributed by atoms with Crippen molar-refractivity contribution in [3.63, 3.8) is 0 Å². The Kier molecular flexibility index (Phi) is 4.95. The molecule has 0 aliphatic carbocycles. The molecule has 0 atom stereocenters. The van der Waals surface area contributed by atoms with Crippen LogP contribution >= 0.6 is 0 Å². The van der Waals surface area contributed by atoms with Crippen LogP contribution < -0.4 is 5.32 Å². The van der Waals surface area contributed by atoms with Gasteiger partial charge in [-0.1, -0.05) is 6.92 Å². The summed E-state index contributed by atoms with van der Waals surface area (Å²) in [5, 5.41) is 3.26. The van der Waals surface area contributed by atoms with Gasteiger partial charge in [-0.25, -0.2) is 0 Å². The Morgan fingerprint density at radius 1 is 1.30 bits per heavy atom. The minimum atomic E-state index is 0.0872. The Balaban J connectivity index is 2.13. The second-order valence-corrected chi connectivity index (χ2v) is 5.13. The van der Waals surface area contributed by atoms with E-state index in [0.29, 0.717) is 5.56 Å². The number of amides is 1. The van der Waals surface area contributed by atoms with Gasteiger partial charge in [-0.15, -0.1) is 0 Å². The van der Waals surface area contributed by atoms with Crippen molar-refractivity contribution < 1.29 is 4.79 Å². The summed E-state index contributed by atoms with van der Waals surface area (Å²) in [5.41, 5.74) is 2.50. The molecule has 110 valence electrons. The van der Waals surface area contributed by atoms with Gasteiger partial charge in [-0.3, -0.25) is 9.78 Å². The van der Waals surface area contributed by atoms with E-state index < -0.39 is 0 Å². The zero-order chi connectivity index (χ0) is 14.5. The zero-order valence-electron chi connectivity index (χ0n) is 12.6. The molecule has 5 nitrogen and oxygen atoms in total. The van der Waals surface area contributed by atoms with E-state index in [2.05, 4.69) is 22.1 Å². The Labute approximate surface area is 121 Å². The highest BCUT2D eigenvalue weighted by molar-refractivity contribution is 5.99. The van der Waals surface area contributed by atoms with Gasteiger partial charge in [-0.2, -0.15) is 0 Å². The molecule has 1 aliphatic rings. The molecular formula is C15H24N4O. The maximum Gasteiger partial charge on any atom is 0.257 e. The first kappa shape index (κ1) is 14.8. The maximum absolute atomic E-state index is 12.6. The molecule has 0 aromatic carbocycles.